The van der Waals surface area contributed by atoms with Gasteiger partial charge in [-0.25, -0.2) is 0 Å². The summed E-state index contributed by atoms with van der Waals surface area (Å²) in [6.07, 6.45) is 4.41. The zero-order chi connectivity index (χ0) is 23.5. The molecule has 0 saturated heterocycles. The molecule has 0 radical (unpaired) electrons. The summed E-state index contributed by atoms with van der Waals surface area (Å²) in [6.45, 7) is 2.79. The van der Waals surface area contributed by atoms with Crippen molar-refractivity contribution in [3.63, 3.8) is 0 Å². The van der Waals surface area contributed by atoms with Gasteiger partial charge in [-0.05, 0) is 42.3 Å². The van der Waals surface area contributed by atoms with Crippen LogP contribution in [0.1, 0.15) is 30.3 Å². The van der Waals surface area contributed by atoms with Crippen molar-refractivity contribution in [1.82, 2.24) is 10.2 Å². The number of hydrogen-bond acceptors (Lipinski definition) is 7. The monoisotopic (exact) mass is 482 g/mol. The lowest BCUT2D eigenvalue weighted by Gasteiger charge is -2.09. The highest BCUT2D eigenvalue weighted by Gasteiger charge is 2.13. The van der Waals surface area contributed by atoms with E-state index in [1.54, 1.807) is 36.4 Å². The van der Waals surface area contributed by atoms with Gasteiger partial charge in [0.15, 0.2) is 0 Å². The standard InChI is InChI=1S/C24H23ClN4O3S/c1-2-3-8-22-28-29-24(33-22)27-23(30)18(16-26)15-17-9-11-19(12-10-17)31-13-14-32-21-7-5-4-6-20(21)25/h4-7,9-12,15H,2-3,8,13-14H2,1H3,(H,27,29,30)/b18-15-. The van der Waals surface area contributed by atoms with Crippen LogP contribution in [0.2, 0.25) is 5.02 Å². The van der Waals surface area contributed by atoms with Gasteiger partial charge in [-0.2, -0.15) is 5.26 Å². The summed E-state index contributed by atoms with van der Waals surface area (Å²) in [7, 11) is 0. The number of carbonyl (C=O) groups is 1. The Kier molecular flexibility index (Phi) is 9.24. The summed E-state index contributed by atoms with van der Waals surface area (Å²) in [6, 6.07) is 16.2. The van der Waals surface area contributed by atoms with Crippen molar-refractivity contribution >= 4 is 40.1 Å². The van der Waals surface area contributed by atoms with Crippen LogP contribution in [0.3, 0.4) is 0 Å². The highest BCUT2D eigenvalue weighted by molar-refractivity contribution is 7.15. The number of ether oxygens (including phenoxy) is 2. The Hall–Kier alpha value is -3.41. The van der Waals surface area contributed by atoms with Crippen LogP contribution < -0.4 is 14.8 Å². The number of rotatable bonds is 11. The number of nitrogens with one attached hydrogen (secondary N) is 1. The fourth-order valence-corrected chi connectivity index (χ4v) is 3.71. The number of nitrogens with zero attached hydrogens (tertiary/aromatic N) is 3. The third-order valence-corrected chi connectivity index (χ3v) is 5.64. The first-order chi connectivity index (χ1) is 16.1. The maximum absolute atomic E-state index is 12.4. The van der Waals surface area contributed by atoms with Crippen LogP contribution in [0, 0.1) is 11.3 Å². The molecular formula is C24H23ClN4O3S. The first kappa shape index (κ1) is 24.2. The summed E-state index contributed by atoms with van der Waals surface area (Å²) < 4.78 is 11.3. The van der Waals surface area contributed by atoms with Gasteiger partial charge in [0.2, 0.25) is 5.13 Å². The van der Waals surface area contributed by atoms with Crippen LogP contribution in [-0.2, 0) is 11.2 Å². The molecule has 0 spiro atoms. The van der Waals surface area contributed by atoms with E-state index in [0.717, 1.165) is 24.3 Å². The predicted octanol–water partition coefficient (Wildman–Crippen LogP) is 5.54. The third-order valence-electron chi connectivity index (χ3n) is 4.43. The van der Waals surface area contributed by atoms with Gasteiger partial charge < -0.3 is 9.47 Å². The summed E-state index contributed by atoms with van der Waals surface area (Å²) in [5.74, 6) is 0.732. The van der Waals surface area contributed by atoms with Gasteiger partial charge in [-0.3, -0.25) is 10.1 Å². The molecule has 0 fully saturated rings. The van der Waals surface area contributed by atoms with E-state index in [2.05, 4.69) is 22.4 Å². The number of anilines is 1. The van der Waals surface area contributed by atoms with E-state index >= 15 is 0 Å². The highest BCUT2D eigenvalue weighted by atomic mass is 35.5. The number of nitriles is 1. The van der Waals surface area contributed by atoms with Crippen molar-refractivity contribution < 1.29 is 14.3 Å². The molecule has 3 aromatic rings. The average Bonchev–Trinajstić information content (AvgIpc) is 3.27. The summed E-state index contributed by atoms with van der Waals surface area (Å²) in [4.78, 5) is 12.4. The second-order valence-corrected chi connectivity index (χ2v) is 8.39. The zero-order valence-corrected chi connectivity index (χ0v) is 19.7. The van der Waals surface area contributed by atoms with Crippen molar-refractivity contribution in [3.05, 3.63) is 69.7 Å². The molecule has 33 heavy (non-hydrogen) atoms. The summed E-state index contributed by atoms with van der Waals surface area (Å²) >= 11 is 7.37. The fraction of sp³-hybridized carbons (Fsp3) is 0.250. The molecule has 1 amide bonds. The van der Waals surface area contributed by atoms with Gasteiger partial charge in [0, 0.05) is 6.42 Å². The van der Waals surface area contributed by atoms with Gasteiger partial charge in [0.05, 0.1) is 5.02 Å². The lowest BCUT2D eigenvalue weighted by Crippen LogP contribution is -2.13. The van der Waals surface area contributed by atoms with E-state index in [0.29, 0.717) is 40.4 Å². The molecule has 1 N–H and O–H groups in total. The summed E-state index contributed by atoms with van der Waals surface area (Å²) in [5, 5.41) is 21.9. The summed E-state index contributed by atoms with van der Waals surface area (Å²) in [5.41, 5.74) is 0.671. The van der Waals surface area contributed by atoms with Crippen molar-refractivity contribution in [3.8, 4) is 17.6 Å². The zero-order valence-electron chi connectivity index (χ0n) is 18.1. The Morgan fingerprint density at radius 2 is 1.91 bits per heavy atom. The molecule has 0 unspecified atom stereocenters. The second kappa shape index (κ2) is 12.6. The van der Waals surface area contributed by atoms with Gasteiger partial charge in [-0.1, -0.05) is 60.5 Å². The van der Waals surface area contributed by atoms with Gasteiger partial charge >= 0.3 is 0 Å². The van der Waals surface area contributed by atoms with Crippen molar-refractivity contribution in [2.75, 3.05) is 18.5 Å². The normalized spacial score (nSPS) is 11.0. The molecule has 0 saturated carbocycles. The molecule has 1 aromatic heterocycles. The highest BCUT2D eigenvalue weighted by Crippen LogP contribution is 2.23. The Morgan fingerprint density at radius 1 is 1.15 bits per heavy atom. The number of hydrogen-bond donors (Lipinski definition) is 1. The number of para-hydroxylation sites is 1. The quantitative estimate of drug-likeness (QED) is 0.219. The fourth-order valence-electron chi connectivity index (χ4n) is 2.75. The van der Waals surface area contributed by atoms with Gasteiger partial charge in [-0.15, -0.1) is 10.2 Å². The van der Waals surface area contributed by atoms with Crippen LogP contribution in [0.4, 0.5) is 5.13 Å². The number of halogens is 1. The van der Waals surface area contributed by atoms with E-state index in [-0.39, 0.29) is 5.57 Å². The molecule has 170 valence electrons. The Morgan fingerprint density at radius 3 is 2.64 bits per heavy atom. The molecule has 0 aliphatic carbocycles. The number of unbranched alkanes of at least 4 members (excludes halogenated alkanes) is 1. The number of aromatic nitrogens is 2. The van der Waals surface area contributed by atoms with E-state index < -0.39 is 5.91 Å². The Bertz CT molecular complexity index is 1140. The Labute approximate surface area is 201 Å². The molecule has 0 aliphatic heterocycles. The SMILES string of the molecule is CCCCc1nnc(NC(=O)/C(C#N)=C\c2ccc(OCCOc3ccccc3Cl)cc2)s1. The first-order valence-electron chi connectivity index (χ1n) is 10.4. The topological polar surface area (TPSA) is 97.1 Å². The number of benzene rings is 2. The minimum Gasteiger partial charge on any atom is -0.490 e. The maximum atomic E-state index is 12.4. The molecule has 0 aliphatic rings. The van der Waals surface area contributed by atoms with Crippen molar-refractivity contribution in [2.45, 2.75) is 26.2 Å². The van der Waals surface area contributed by atoms with Crippen LogP contribution in [0.25, 0.3) is 6.08 Å². The lowest BCUT2D eigenvalue weighted by molar-refractivity contribution is -0.112. The third kappa shape index (κ3) is 7.59. The number of amides is 1. The minimum atomic E-state index is -0.521. The molecule has 7 nitrogen and oxygen atoms in total. The Balaban J connectivity index is 1.51. The van der Waals surface area contributed by atoms with Gasteiger partial charge in [0.25, 0.3) is 5.91 Å². The number of carbonyl (C=O) groups excluding carboxylic acids is 1. The molecule has 0 atom stereocenters. The molecule has 1 heterocycles. The first-order valence-corrected chi connectivity index (χ1v) is 11.6. The molecular weight excluding hydrogens is 460 g/mol. The maximum Gasteiger partial charge on any atom is 0.268 e. The van der Waals surface area contributed by atoms with E-state index in [1.807, 2.05) is 18.2 Å². The van der Waals surface area contributed by atoms with Crippen molar-refractivity contribution in [2.24, 2.45) is 0 Å². The van der Waals surface area contributed by atoms with Crippen LogP contribution in [-0.4, -0.2) is 29.3 Å². The largest absolute Gasteiger partial charge is 0.490 e. The number of aryl methyl sites for hydroxylation is 1. The molecule has 3 rings (SSSR count). The van der Waals surface area contributed by atoms with E-state index in [4.69, 9.17) is 21.1 Å². The predicted molar refractivity (Wildman–Crippen MR) is 130 cm³/mol. The van der Waals surface area contributed by atoms with Crippen LogP contribution in [0.5, 0.6) is 11.5 Å². The minimum absolute atomic E-state index is 0.0258. The van der Waals surface area contributed by atoms with Gasteiger partial charge in [0.1, 0.15) is 41.4 Å². The smallest absolute Gasteiger partial charge is 0.268 e. The molecule has 0 bridgehead atoms. The molecule has 9 heteroatoms. The second-order valence-electron chi connectivity index (χ2n) is 6.92. The average molecular weight is 483 g/mol. The van der Waals surface area contributed by atoms with E-state index in [1.165, 1.54) is 17.4 Å². The van der Waals surface area contributed by atoms with Crippen LogP contribution in [0.15, 0.2) is 54.1 Å². The van der Waals surface area contributed by atoms with Crippen molar-refractivity contribution in [1.29, 1.82) is 5.26 Å². The van der Waals surface area contributed by atoms with E-state index in [9.17, 15) is 10.1 Å². The lowest BCUT2D eigenvalue weighted by atomic mass is 10.1. The van der Waals surface area contributed by atoms with Crippen LogP contribution >= 0.6 is 22.9 Å². The molecule has 2 aromatic carbocycles.